The van der Waals surface area contributed by atoms with E-state index in [0.717, 1.165) is 47.7 Å². The van der Waals surface area contributed by atoms with Crippen LogP contribution in [0, 0.1) is 0 Å². The Balaban J connectivity index is 1.63. The van der Waals surface area contributed by atoms with Crippen LogP contribution in [0.15, 0.2) is 42.7 Å². The van der Waals surface area contributed by atoms with Crippen molar-refractivity contribution >= 4 is 22.5 Å². The summed E-state index contributed by atoms with van der Waals surface area (Å²) < 4.78 is 0. The number of anilines is 2. The van der Waals surface area contributed by atoms with Gasteiger partial charge in [0, 0.05) is 50.3 Å². The lowest BCUT2D eigenvalue weighted by atomic mass is 10.1. The molecule has 0 saturated carbocycles. The van der Waals surface area contributed by atoms with Crippen LogP contribution in [0.5, 0.6) is 0 Å². The highest BCUT2D eigenvalue weighted by Crippen LogP contribution is 2.27. The Hall–Kier alpha value is -2.73. The number of nitrogens with zero attached hydrogens (tertiary/aromatic N) is 5. The van der Waals surface area contributed by atoms with Crippen LogP contribution in [-0.4, -0.2) is 60.1 Å². The van der Waals surface area contributed by atoms with Crippen molar-refractivity contribution in [3.63, 3.8) is 0 Å². The molecule has 3 aromatic rings. The van der Waals surface area contributed by atoms with Gasteiger partial charge in [-0.2, -0.15) is 0 Å². The van der Waals surface area contributed by atoms with Gasteiger partial charge in [0.15, 0.2) is 5.82 Å². The Morgan fingerprint density at radius 1 is 0.962 bits per heavy atom. The van der Waals surface area contributed by atoms with E-state index in [-0.39, 0.29) is 0 Å². The maximum absolute atomic E-state index is 4.72. The molecule has 2 aromatic heterocycles. The fourth-order valence-corrected chi connectivity index (χ4v) is 3.44. The summed E-state index contributed by atoms with van der Waals surface area (Å²) in [5.74, 6) is 0.755. The normalized spacial score (nSPS) is 15.8. The molecule has 0 radical (unpaired) electrons. The summed E-state index contributed by atoms with van der Waals surface area (Å²) in [5, 5.41) is 3.13. The number of fused-ring (bicyclic) bond motifs is 1. The highest BCUT2D eigenvalue weighted by Gasteiger charge is 2.13. The van der Waals surface area contributed by atoms with Crippen molar-refractivity contribution in [2.45, 2.75) is 6.42 Å². The summed E-state index contributed by atoms with van der Waals surface area (Å²) in [5.41, 5.74) is 4.92. The van der Waals surface area contributed by atoms with E-state index in [1.54, 1.807) is 12.4 Å². The molecule has 1 fully saturated rings. The molecule has 0 atom stereocenters. The standard InChI is InChI=1S/C20H24N6/c1-21-20-19-18(22-8-9-23-19)14-17(24-20)15-4-6-16(7-5-15)26-11-3-10-25(2)12-13-26/h4-9,14H,3,10-13H2,1-2H3,(H,21,24). The van der Waals surface area contributed by atoms with Gasteiger partial charge in [0.2, 0.25) is 0 Å². The van der Waals surface area contributed by atoms with Gasteiger partial charge in [-0.15, -0.1) is 0 Å². The second-order valence-corrected chi connectivity index (χ2v) is 6.72. The van der Waals surface area contributed by atoms with Gasteiger partial charge >= 0.3 is 0 Å². The van der Waals surface area contributed by atoms with E-state index in [2.05, 4.69) is 56.4 Å². The second kappa shape index (κ2) is 7.25. The lowest BCUT2D eigenvalue weighted by molar-refractivity contribution is 0.360. The van der Waals surface area contributed by atoms with Gasteiger partial charge in [0.1, 0.15) is 5.52 Å². The lowest BCUT2D eigenvalue weighted by Crippen LogP contribution is -2.28. The molecular weight excluding hydrogens is 324 g/mol. The first-order valence-corrected chi connectivity index (χ1v) is 9.08. The summed E-state index contributed by atoms with van der Waals surface area (Å²) in [7, 11) is 4.06. The Labute approximate surface area is 153 Å². The number of likely N-dealkylation sites (N-methyl/N-ethyl adjacent to an activating group) is 1. The number of hydrogen-bond acceptors (Lipinski definition) is 6. The molecule has 1 aliphatic heterocycles. The zero-order valence-corrected chi connectivity index (χ0v) is 15.3. The molecule has 0 spiro atoms. The van der Waals surface area contributed by atoms with E-state index in [1.807, 2.05) is 13.1 Å². The predicted octanol–water partition coefficient (Wildman–Crippen LogP) is 2.88. The maximum Gasteiger partial charge on any atom is 0.154 e. The minimum atomic E-state index is 0.755. The Bertz CT molecular complexity index is 892. The Morgan fingerprint density at radius 2 is 1.77 bits per heavy atom. The van der Waals surface area contributed by atoms with E-state index in [0.29, 0.717) is 0 Å². The topological polar surface area (TPSA) is 57.2 Å². The largest absolute Gasteiger partial charge is 0.371 e. The number of aromatic nitrogens is 3. The average Bonchev–Trinajstić information content (AvgIpc) is 2.91. The van der Waals surface area contributed by atoms with Crippen LogP contribution in [-0.2, 0) is 0 Å². The first-order valence-electron chi connectivity index (χ1n) is 9.08. The SMILES string of the molecule is CNc1nc(-c2ccc(N3CCCN(C)CC3)cc2)cc2nccnc12. The van der Waals surface area contributed by atoms with Gasteiger partial charge < -0.3 is 15.1 Å². The fraction of sp³-hybridized carbons (Fsp3) is 0.350. The predicted molar refractivity (Wildman–Crippen MR) is 107 cm³/mol. The Morgan fingerprint density at radius 3 is 2.58 bits per heavy atom. The van der Waals surface area contributed by atoms with E-state index in [9.17, 15) is 0 Å². The number of pyridine rings is 1. The summed E-state index contributed by atoms with van der Waals surface area (Å²) in [4.78, 5) is 18.4. The Kier molecular flexibility index (Phi) is 4.67. The molecule has 0 aliphatic carbocycles. The minimum absolute atomic E-state index is 0.755. The van der Waals surface area contributed by atoms with Crippen LogP contribution >= 0.6 is 0 Å². The molecule has 1 saturated heterocycles. The number of rotatable bonds is 3. The third-order valence-corrected chi connectivity index (χ3v) is 4.94. The molecule has 6 heteroatoms. The van der Waals surface area contributed by atoms with Crippen molar-refractivity contribution in [3.8, 4) is 11.3 Å². The molecule has 4 rings (SSSR count). The molecule has 0 unspecified atom stereocenters. The molecule has 1 N–H and O–H groups in total. The molecule has 3 heterocycles. The molecule has 26 heavy (non-hydrogen) atoms. The van der Waals surface area contributed by atoms with Gasteiger partial charge in [-0.1, -0.05) is 12.1 Å². The second-order valence-electron chi connectivity index (χ2n) is 6.72. The highest BCUT2D eigenvalue weighted by molar-refractivity contribution is 5.88. The number of nitrogens with one attached hydrogen (secondary N) is 1. The van der Waals surface area contributed by atoms with Crippen LogP contribution < -0.4 is 10.2 Å². The smallest absolute Gasteiger partial charge is 0.154 e. The summed E-state index contributed by atoms with van der Waals surface area (Å²) in [6, 6.07) is 10.7. The molecular formula is C20H24N6. The van der Waals surface area contributed by atoms with Crippen molar-refractivity contribution in [2.24, 2.45) is 0 Å². The van der Waals surface area contributed by atoms with Gasteiger partial charge in [-0.05, 0) is 38.2 Å². The fourth-order valence-electron chi connectivity index (χ4n) is 3.44. The van der Waals surface area contributed by atoms with Gasteiger partial charge in [0.25, 0.3) is 0 Å². The number of hydrogen-bond donors (Lipinski definition) is 1. The van der Waals surface area contributed by atoms with Crippen molar-refractivity contribution in [3.05, 3.63) is 42.7 Å². The zero-order chi connectivity index (χ0) is 17.9. The third kappa shape index (κ3) is 3.32. The van der Waals surface area contributed by atoms with Crippen molar-refractivity contribution in [2.75, 3.05) is 50.5 Å². The van der Waals surface area contributed by atoms with Gasteiger partial charge in [-0.25, -0.2) is 9.97 Å². The molecule has 6 nitrogen and oxygen atoms in total. The van der Waals surface area contributed by atoms with Crippen molar-refractivity contribution < 1.29 is 0 Å². The molecule has 134 valence electrons. The van der Waals surface area contributed by atoms with Crippen LogP contribution in [0.4, 0.5) is 11.5 Å². The van der Waals surface area contributed by atoms with Crippen molar-refractivity contribution in [1.82, 2.24) is 19.9 Å². The highest BCUT2D eigenvalue weighted by atomic mass is 15.2. The van der Waals surface area contributed by atoms with Crippen LogP contribution in [0.25, 0.3) is 22.3 Å². The molecule has 1 aliphatic rings. The van der Waals surface area contributed by atoms with Crippen LogP contribution in [0.2, 0.25) is 0 Å². The lowest BCUT2D eigenvalue weighted by Gasteiger charge is -2.23. The quantitative estimate of drug-likeness (QED) is 0.785. The van der Waals surface area contributed by atoms with E-state index >= 15 is 0 Å². The summed E-state index contributed by atoms with van der Waals surface area (Å²) in [6.07, 6.45) is 4.61. The zero-order valence-electron chi connectivity index (χ0n) is 15.3. The summed E-state index contributed by atoms with van der Waals surface area (Å²) in [6.45, 7) is 4.46. The first kappa shape index (κ1) is 16.7. The maximum atomic E-state index is 4.72. The van der Waals surface area contributed by atoms with Crippen LogP contribution in [0.1, 0.15) is 6.42 Å². The molecule has 0 amide bonds. The van der Waals surface area contributed by atoms with E-state index in [1.165, 1.54) is 18.7 Å². The minimum Gasteiger partial charge on any atom is -0.371 e. The average molecular weight is 348 g/mol. The molecule has 1 aromatic carbocycles. The van der Waals surface area contributed by atoms with Crippen molar-refractivity contribution in [1.29, 1.82) is 0 Å². The molecule has 0 bridgehead atoms. The monoisotopic (exact) mass is 348 g/mol. The van der Waals surface area contributed by atoms with Gasteiger partial charge in [0.05, 0.1) is 11.2 Å². The first-order chi connectivity index (χ1) is 12.7. The van der Waals surface area contributed by atoms with Gasteiger partial charge in [-0.3, -0.25) is 4.98 Å². The van der Waals surface area contributed by atoms with E-state index < -0.39 is 0 Å². The van der Waals surface area contributed by atoms with Crippen LogP contribution in [0.3, 0.4) is 0 Å². The van der Waals surface area contributed by atoms with E-state index in [4.69, 9.17) is 4.98 Å². The number of benzene rings is 1. The third-order valence-electron chi connectivity index (χ3n) is 4.94. The summed E-state index contributed by atoms with van der Waals surface area (Å²) >= 11 is 0.